The molecule has 0 saturated carbocycles. The zero-order valence-corrected chi connectivity index (χ0v) is 13.4. The van der Waals surface area contributed by atoms with E-state index < -0.39 is 11.5 Å². The second-order valence-electron chi connectivity index (χ2n) is 5.00. The van der Waals surface area contributed by atoms with Gasteiger partial charge in [0.2, 0.25) is 0 Å². The van der Waals surface area contributed by atoms with E-state index in [1.54, 1.807) is 43.3 Å². The van der Waals surface area contributed by atoms with E-state index in [9.17, 15) is 9.59 Å². The van der Waals surface area contributed by atoms with Crippen molar-refractivity contribution in [1.29, 1.82) is 0 Å². The Bertz CT molecular complexity index is 997. The molecule has 0 bridgehead atoms. The lowest BCUT2D eigenvalue weighted by atomic mass is 10.1. The first kappa shape index (κ1) is 15.9. The Morgan fingerprint density at radius 3 is 2.71 bits per heavy atom. The van der Waals surface area contributed by atoms with E-state index >= 15 is 0 Å². The van der Waals surface area contributed by atoms with Crippen molar-refractivity contribution in [3.63, 3.8) is 0 Å². The Balaban J connectivity index is 1.90. The van der Waals surface area contributed by atoms with E-state index in [4.69, 9.17) is 16.0 Å². The quantitative estimate of drug-likeness (QED) is 0.451. The maximum absolute atomic E-state index is 12.1. The fraction of sp³-hybridized carbons (Fsp3) is 0.0588. The molecule has 3 rings (SSSR count). The molecule has 0 atom stereocenters. The van der Waals surface area contributed by atoms with Crippen molar-refractivity contribution in [3.05, 3.63) is 75.4 Å². The molecule has 0 radical (unpaired) electrons. The largest absolute Gasteiger partial charge is 0.422 e. The Hall–Kier alpha value is -2.99. The first-order valence-corrected chi connectivity index (χ1v) is 7.41. The first-order chi connectivity index (χ1) is 11.5. The van der Waals surface area contributed by atoms with Crippen LogP contribution in [0.15, 0.2) is 63.1 Å². The zero-order chi connectivity index (χ0) is 17.1. The number of rotatable bonds is 3. The summed E-state index contributed by atoms with van der Waals surface area (Å²) in [5, 5.41) is 5.17. The van der Waals surface area contributed by atoms with Crippen LogP contribution in [0.1, 0.15) is 22.8 Å². The Morgan fingerprint density at radius 2 is 1.96 bits per heavy atom. The molecule has 120 valence electrons. The van der Waals surface area contributed by atoms with Crippen molar-refractivity contribution >= 4 is 34.2 Å². The lowest BCUT2D eigenvalue weighted by Crippen LogP contribution is -2.21. The summed E-state index contributed by atoms with van der Waals surface area (Å²) in [5.41, 5.74) is 3.29. The molecular weight excluding hydrogens is 330 g/mol. The second-order valence-corrected chi connectivity index (χ2v) is 5.44. The monoisotopic (exact) mass is 341 g/mol. The zero-order valence-electron chi connectivity index (χ0n) is 12.6. The summed E-state index contributed by atoms with van der Waals surface area (Å²) in [5.74, 6) is -0.398. The highest BCUT2D eigenvalue weighted by molar-refractivity contribution is 6.31. The number of aromatic nitrogens is 1. The number of benzene rings is 1. The summed E-state index contributed by atoms with van der Waals surface area (Å²) in [4.78, 5) is 27.9. The maximum atomic E-state index is 12.1. The summed E-state index contributed by atoms with van der Waals surface area (Å²) in [6.07, 6.45) is 3.01. The van der Waals surface area contributed by atoms with E-state index in [1.807, 2.05) is 0 Å². The van der Waals surface area contributed by atoms with Crippen LogP contribution in [0.2, 0.25) is 5.02 Å². The van der Waals surface area contributed by atoms with Crippen molar-refractivity contribution < 1.29 is 9.21 Å². The van der Waals surface area contributed by atoms with Crippen LogP contribution in [0.25, 0.3) is 11.0 Å². The minimum Gasteiger partial charge on any atom is -0.422 e. The van der Waals surface area contributed by atoms with Crippen molar-refractivity contribution in [2.24, 2.45) is 5.10 Å². The second kappa shape index (κ2) is 6.64. The molecule has 0 fully saturated rings. The number of hydrazone groups is 1. The molecule has 0 unspecified atom stereocenters. The van der Waals surface area contributed by atoms with Crippen LogP contribution in [-0.2, 0) is 0 Å². The lowest BCUT2D eigenvalue weighted by Gasteiger charge is -2.04. The van der Waals surface area contributed by atoms with Crippen molar-refractivity contribution in [3.8, 4) is 0 Å². The molecule has 0 aliphatic heterocycles. The van der Waals surface area contributed by atoms with E-state index in [2.05, 4.69) is 15.5 Å². The topological polar surface area (TPSA) is 84.6 Å². The van der Waals surface area contributed by atoms with Crippen LogP contribution in [0.4, 0.5) is 0 Å². The SMILES string of the molecule is C/C(=N\NC(=O)c1ccncc1)c1cc2cc(Cl)ccc2oc1=O. The van der Waals surface area contributed by atoms with Gasteiger partial charge < -0.3 is 4.42 Å². The number of nitrogens with zero attached hydrogens (tertiary/aromatic N) is 2. The average Bonchev–Trinajstić information content (AvgIpc) is 2.60. The predicted octanol–water partition coefficient (Wildman–Crippen LogP) is 3.00. The highest BCUT2D eigenvalue weighted by Gasteiger charge is 2.10. The summed E-state index contributed by atoms with van der Waals surface area (Å²) in [6.45, 7) is 1.61. The normalized spacial score (nSPS) is 11.5. The van der Waals surface area contributed by atoms with Gasteiger partial charge in [-0.1, -0.05) is 11.6 Å². The molecule has 1 aromatic carbocycles. The molecule has 2 heterocycles. The molecule has 1 N–H and O–H groups in total. The number of amides is 1. The number of fused-ring (bicyclic) bond motifs is 1. The van der Waals surface area contributed by atoms with Crippen LogP contribution < -0.4 is 11.1 Å². The number of hydrogen-bond donors (Lipinski definition) is 1. The minimum atomic E-state index is -0.538. The number of nitrogens with one attached hydrogen (secondary N) is 1. The molecule has 1 amide bonds. The third-order valence-corrected chi connectivity index (χ3v) is 3.59. The van der Waals surface area contributed by atoms with Gasteiger partial charge in [0.25, 0.3) is 5.91 Å². The van der Waals surface area contributed by atoms with Gasteiger partial charge in [-0.25, -0.2) is 10.2 Å². The number of pyridine rings is 1. The molecular formula is C17H12ClN3O3. The van der Waals surface area contributed by atoms with Crippen LogP contribution in [0, 0.1) is 0 Å². The summed E-state index contributed by atoms with van der Waals surface area (Å²) >= 11 is 5.95. The van der Waals surface area contributed by atoms with Crippen LogP contribution in [0.3, 0.4) is 0 Å². The highest BCUT2D eigenvalue weighted by Crippen LogP contribution is 2.19. The summed E-state index contributed by atoms with van der Waals surface area (Å²) < 4.78 is 5.24. The average molecular weight is 342 g/mol. The van der Waals surface area contributed by atoms with Gasteiger partial charge in [0, 0.05) is 28.4 Å². The fourth-order valence-electron chi connectivity index (χ4n) is 2.11. The molecule has 0 saturated heterocycles. The van der Waals surface area contributed by atoms with Gasteiger partial charge in [-0.05, 0) is 43.3 Å². The van der Waals surface area contributed by atoms with E-state index in [1.165, 1.54) is 12.4 Å². The maximum Gasteiger partial charge on any atom is 0.345 e. The fourth-order valence-corrected chi connectivity index (χ4v) is 2.29. The molecule has 0 spiro atoms. The standard InChI is InChI=1S/C17H12ClN3O3/c1-10(20-21-16(22)11-4-6-19-7-5-11)14-9-12-8-13(18)2-3-15(12)24-17(14)23/h2-9H,1H3,(H,21,22)/b20-10+. The molecule has 0 aliphatic carbocycles. The Morgan fingerprint density at radius 1 is 1.21 bits per heavy atom. The van der Waals surface area contributed by atoms with Gasteiger partial charge in [0.15, 0.2) is 0 Å². The van der Waals surface area contributed by atoms with Gasteiger partial charge in [-0.2, -0.15) is 5.10 Å². The predicted molar refractivity (Wildman–Crippen MR) is 91.4 cm³/mol. The van der Waals surface area contributed by atoms with Crippen molar-refractivity contribution in [2.75, 3.05) is 0 Å². The highest BCUT2D eigenvalue weighted by atomic mass is 35.5. The lowest BCUT2D eigenvalue weighted by molar-refractivity contribution is 0.0954. The third-order valence-electron chi connectivity index (χ3n) is 3.35. The molecule has 6 nitrogen and oxygen atoms in total. The van der Waals surface area contributed by atoms with E-state index in [0.717, 1.165) is 0 Å². The first-order valence-electron chi connectivity index (χ1n) is 7.03. The number of carbonyl (C=O) groups excluding carboxylic acids is 1. The van der Waals surface area contributed by atoms with Crippen LogP contribution >= 0.6 is 11.6 Å². The Labute approximate surface area is 141 Å². The van der Waals surface area contributed by atoms with Gasteiger partial charge in [0.05, 0.1) is 11.3 Å². The van der Waals surface area contributed by atoms with E-state index in [0.29, 0.717) is 27.3 Å². The molecule has 2 aromatic heterocycles. The van der Waals surface area contributed by atoms with Gasteiger partial charge in [-0.3, -0.25) is 9.78 Å². The molecule has 7 heteroatoms. The van der Waals surface area contributed by atoms with Crippen molar-refractivity contribution in [2.45, 2.75) is 6.92 Å². The summed E-state index contributed by atoms with van der Waals surface area (Å²) in [7, 11) is 0. The summed E-state index contributed by atoms with van der Waals surface area (Å²) in [6, 6.07) is 9.71. The van der Waals surface area contributed by atoms with Gasteiger partial charge in [-0.15, -0.1) is 0 Å². The van der Waals surface area contributed by atoms with Crippen LogP contribution in [0.5, 0.6) is 0 Å². The Kier molecular flexibility index (Phi) is 4.39. The van der Waals surface area contributed by atoms with Gasteiger partial charge in [0.1, 0.15) is 5.58 Å². The van der Waals surface area contributed by atoms with Crippen molar-refractivity contribution in [1.82, 2.24) is 10.4 Å². The smallest absolute Gasteiger partial charge is 0.345 e. The van der Waals surface area contributed by atoms with E-state index in [-0.39, 0.29) is 5.56 Å². The molecule has 0 aliphatic rings. The van der Waals surface area contributed by atoms with Crippen LogP contribution in [-0.4, -0.2) is 16.6 Å². The number of carbonyl (C=O) groups is 1. The molecule has 3 aromatic rings. The molecule has 24 heavy (non-hydrogen) atoms. The third kappa shape index (κ3) is 3.33. The van der Waals surface area contributed by atoms with Gasteiger partial charge >= 0.3 is 5.63 Å². The minimum absolute atomic E-state index is 0.250. The number of hydrogen-bond acceptors (Lipinski definition) is 5. The number of halogens is 1.